The highest BCUT2D eigenvalue weighted by molar-refractivity contribution is 5.69. The molecule has 0 aliphatic rings. The molecule has 1 heterocycles. The normalized spacial score (nSPS) is 13.3. The molecule has 19 heavy (non-hydrogen) atoms. The number of carboxylic acids is 1. The maximum absolute atomic E-state index is 10.7. The molecule has 0 fully saturated rings. The van der Waals surface area contributed by atoms with Crippen LogP contribution in [0.4, 0.5) is 5.69 Å². The van der Waals surface area contributed by atoms with E-state index in [9.17, 15) is 4.79 Å². The van der Waals surface area contributed by atoms with Crippen molar-refractivity contribution in [3.05, 3.63) is 24.0 Å². The third-order valence-corrected chi connectivity index (χ3v) is 2.99. The Labute approximate surface area is 113 Å². The van der Waals surface area contributed by atoms with E-state index in [0.29, 0.717) is 12.1 Å². The van der Waals surface area contributed by atoms with E-state index < -0.39 is 5.97 Å². The summed E-state index contributed by atoms with van der Waals surface area (Å²) in [4.78, 5) is 14.7. The summed E-state index contributed by atoms with van der Waals surface area (Å²) in [5, 5.41) is 20.7. The maximum atomic E-state index is 10.7. The first-order valence-corrected chi connectivity index (χ1v) is 6.38. The zero-order chi connectivity index (χ0) is 14.3. The van der Waals surface area contributed by atoms with Gasteiger partial charge in [-0.1, -0.05) is 13.3 Å². The van der Waals surface area contributed by atoms with E-state index in [1.165, 1.54) is 0 Å². The summed E-state index contributed by atoms with van der Waals surface area (Å²) in [6, 6.07) is 5.71. The van der Waals surface area contributed by atoms with Crippen molar-refractivity contribution in [3.63, 3.8) is 0 Å². The van der Waals surface area contributed by atoms with Crippen LogP contribution in [0.5, 0.6) is 0 Å². The average molecular weight is 261 g/mol. The first-order chi connectivity index (χ1) is 9.02. The largest absolute Gasteiger partial charge is 0.481 e. The van der Waals surface area contributed by atoms with Crippen molar-refractivity contribution < 1.29 is 9.90 Å². The third kappa shape index (κ3) is 5.38. The van der Waals surface area contributed by atoms with Crippen LogP contribution in [-0.2, 0) is 4.79 Å². The Bertz CT molecular complexity index is 451. The van der Waals surface area contributed by atoms with Gasteiger partial charge in [0, 0.05) is 6.04 Å². The van der Waals surface area contributed by atoms with Crippen LogP contribution in [0.25, 0.3) is 0 Å². The van der Waals surface area contributed by atoms with Crippen LogP contribution in [0.3, 0.4) is 0 Å². The number of aromatic nitrogens is 1. The van der Waals surface area contributed by atoms with Crippen molar-refractivity contribution in [1.82, 2.24) is 4.98 Å². The first-order valence-electron chi connectivity index (χ1n) is 6.38. The summed E-state index contributed by atoms with van der Waals surface area (Å²) in [6.07, 6.45) is 4.09. The van der Waals surface area contributed by atoms with Crippen LogP contribution in [-0.4, -0.2) is 22.1 Å². The molecule has 2 unspecified atom stereocenters. The lowest BCUT2D eigenvalue weighted by Crippen LogP contribution is -2.16. The lowest BCUT2D eigenvalue weighted by molar-refractivity contribution is -0.141. The molecule has 1 aromatic rings. The molecule has 0 amide bonds. The number of nitrogens with one attached hydrogen (secondary N) is 1. The standard InChI is InChI=1S/C14H19N3O2/c1-10(14(18)19)4-3-5-11(2)17-13-7-6-12(8-15)16-9-13/h6-7,9-11,17H,3-5H2,1-2H3,(H,18,19). The topological polar surface area (TPSA) is 86.0 Å². The van der Waals surface area contributed by atoms with Gasteiger partial charge in [0.05, 0.1) is 17.8 Å². The number of rotatable bonds is 7. The van der Waals surface area contributed by atoms with E-state index in [0.717, 1.165) is 18.5 Å². The minimum absolute atomic E-state index is 0.246. The third-order valence-electron chi connectivity index (χ3n) is 2.99. The van der Waals surface area contributed by atoms with Crippen molar-refractivity contribution in [2.75, 3.05) is 5.32 Å². The Morgan fingerprint density at radius 1 is 1.47 bits per heavy atom. The smallest absolute Gasteiger partial charge is 0.306 e. The SMILES string of the molecule is CC(CCCC(C)C(=O)O)Nc1ccc(C#N)nc1. The van der Waals surface area contributed by atoms with Crippen LogP contribution >= 0.6 is 0 Å². The highest BCUT2D eigenvalue weighted by Crippen LogP contribution is 2.13. The van der Waals surface area contributed by atoms with E-state index in [2.05, 4.69) is 10.3 Å². The van der Waals surface area contributed by atoms with Gasteiger partial charge in [0.15, 0.2) is 0 Å². The van der Waals surface area contributed by atoms with Gasteiger partial charge >= 0.3 is 5.97 Å². The molecule has 0 aromatic carbocycles. The highest BCUT2D eigenvalue weighted by atomic mass is 16.4. The van der Waals surface area contributed by atoms with Crippen molar-refractivity contribution in [2.45, 2.75) is 39.2 Å². The second kappa shape index (κ2) is 7.37. The van der Waals surface area contributed by atoms with Crippen molar-refractivity contribution >= 4 is 11.7 Å². The van der Waals surface area contributed by atoms with Gasteiger partial charge in [-0.3, -0.25) is 4.79 Å². The molecule has 1 aromatic heterocycles. The Morgan fingerprint density at radius 3 is 2.74 bits per heavy atom. The Morgan fingerprint density at radius 2 is 2.21 bits per heavy atom. The Hall–Kier alpha value is -2.09. The van der Waals surface area contributed by atoms with Gasteiger partial charge in [0.25, 0.3) is 0 Å². The molecule has 0 bridgehead atoms. The summed E-state index contributed by atoms with van der Waals surface area (Å²) in [5.74, 6) is -1.03. The summed E-state index contributed by atoms with van der Waals surface area (Å²) in [7, 11) is 0. The monoisotopic (exact) mass is 261 g/mol. The lowest BCUT2D eigenvalue weighted by Gasteiger charge is -2.15. The maximum Gasteiger partial charge on any atom is 0.306 e. The minimum Gasteiger partial charge on any atom is -0.481 e. The number of carbonyl (C=O) groups is 1. The molecule has 0 radical (unpaired) electrons. The fourth-order valence-corrected chi connectivity index (χ4v) is 1.76. The van der Waals surface area contributed by atoms with Gasteiger partial charge in [-0.05, 0) is 31.9 Å². The molecule has 0 aliphatic heterocycles. The van der Waals surface area contributed by atoms with E-state index in [-0.39, 0.29) is 12.0 Å². The Kier molecular flexibility index (Phi) is 5.80. The molecule has 2 atom stereocenters. The molecule has 2 N–H and O–H groups in total. The fraction of sp³-hybridized carbons (Fsp3) is 0.500. The second-order valence-corrected chi connectivity index (χ2v) is 4.76. The van der Waals surface area contributed by atoms with Crippen molar-refractivity contribution in [3.8, 4) is 6.07 Å². The predicted molar refractivity (Wildman–Crippen MR) is 72.7 cm³/mol. The number of hydrogen-bond donors (Lipinski definition) is 2. The zero-order valence-corrected chi connectivity index (χ0v) is 11.3. The Balaban J connectivity index is 2.32. The van der Waals surface area contributed by atoms with Crippen LogP contribution in [0, 0.1) is 17.2 Å². The molecule has 0 saturated carbocycles. The number of nitriles is 1. The minimum atomic E-state index is -0.739. The molecule has 5 nitrogen and oxygen atoms in total. The summed E-state index contributed by atoms with van der Waals surface area (Å²) < 4.78 is 0. The van der Waals surface area contributed by atoms with E-state index >= 15 is 0 Å². The van der Waals surface area contributed by atoms with Gasteiger partial charge in [0.1, 0.15) is 11.8 Å². The summed E-state index contributed by atoms with van der Waals surface area (Å²) in [6.45, 7) is 3.77. The number of hydrogen-bond acceptors (Lipinski definition) is 4. The number of nitrogens with zero attached hydrogens (tertiary/aromatic N) is 2. The number of pyridine rings is 1. The number of anilines is 1. The molecule has 0 aliphatic carbocycles. The quantitative estimate of drug-likeness (QED) is 0.788. The first kappa shape index (κ1) is 15.0. The van der Waals surface area contributed by atoms with Crippen LogP contribution in [0.1, 0.15) is 38.8 Å². The van der Waals surface area contributed by atoms with Crippen LogP contribution in [0.15, 0.2) is 18.3 Å². The van der Waals surface area contributed by atoms with Gasteiger partial charge < -0.3 is 10.4 Å². The molecule has 102 valence electrons. The van der Waals surface area contributed by atoms with Crippen molar-refractivity contribution in [1.29, 1.82) is 5.26 Å². The second-order valence-electron chi connectivity index (χ2n) is 4.76. The van der Waals surface area contributed by atoms with Crippen LogP contribution < -0.4 is 5.32 Å². The summed E-state index contributed by atoms with van der Waals surface area (Å²) >= 11 is 0. The number of aliphatic carboxylic acids is 1. The highest BCUT2D eigenvalue weighted by Gasteiger charge is 2.11. The zero-order valence-electron chi connectivity index (χ0n) is 11.3. The van der Waals surface area contributed by atoms with Gasteiger partial charge in [-0.25, -0.2) is 4.98 Å². The molecule has 0 spiro atoms. The summed E-state index contributed by atoms with van der Waals surface area (Å²) in [5.41, 5.74) is 1.27. The predicted octanol–water partition coefficient (Wildman–Crippen LogP) is 2.64. The van der Waals surface area contributed by atoms with Gasteiger partial charge in [-0.2, -0.15) is 5.26 Å². The van der Waals surface area contributed by atoms with E-state index in [1.54, 1.807) is 19.2 Å². The fourth-order valence-electron chi connectivity index (χ4n) is 1.76. The average Bonchev–Trinajstić information content (AvgIpc) is 2.39. The molecular formula is C14H19N3O2. The van der Waals surface area contributed by atoms with Gasteiger partial charge in [0.2, 0.25) is 0 Å². The van der Waals surface area contributed by atoms with Crippen molar-refractivity contribution in [2.24, 2.45) is 5.92 Å². The van der Waals surface area contributed by atoms with Crippen LogP contribution in [0.2, 0.25) is 0 Å². The lowest BCUT2D eigenvalue weighted by atomic mass is 10.0. The van der Waals surface area contributed by atoms with Gasteiger partial charge in [-0.15, -0.1) is 0 Å². The molecular weight excluding hydrogens is 242 g/mol. The number of carboxylic acid groups (broad SMARTS) is 1. The molecule has 0 saturated heterocycles. The molecule has 5 heteroatoms. The van der Waals surface area contributed by atoms with E-state index in [4.69, 9.17) is 10.4 Å². The molecule has 1 rings (SSSR count). The van der Waals surface area contributed by atoms with E-state index in [1.807, 2.05) is 19.1 Å².